The molecule has 4 aromatic rings. The third-order valence-corrected chi connectivity index (χ3v) is 11.2. The van der Waals surface area contributed by atoms with E-state index in [-0.39, 0.29) is 68.0 Å². The Labute approximate surface area is 300 Å². The number of amides is 1. The van der Waals surface area contributed by atoms with Crippen LogP contribution in [0.5, 0.6) is 6.01 Å². The Morgan fingerprint density at radius 1 is 1.25 bits per heavy atom. The predicted molar refractivity (Wildman–Crippen MR) is 188 cm³/mol. The van der Waals surface area contributed by atoms with Gasteiger partial charge in [-0.2, -0.15) is 28.4 Å². The summed E-state index contributed by atoms with van der Waals surface area (Å²) >= 11 is 0.685. The maximum Gasteiger partial charge on any atom is 0.417 e. The Kier molecular flexibility index (Phi) is 10.3. The van der Waals surface area contributed by atoms with Gasteiger partial charge in [0.05, 0.1) is 29.0 Å². The second kappa shape index (κ2) is 14.4. The van der Waals surface area contributed by atoms with Crippen molar-refractivity contribution in [3.63, 3.8) is 0 Å². The lowest BCUT2D eigenvalue weighted by molar-refractivity contribution is -0.137. The number of likely N-dealkylation sites (N-methyl/N-ethyl adjacent to an activating group) is 1. The van der Waals surface area contributed by atoms with Gasteiger partial charge in [0, 0.05) is 48.1 Å². The Bertz CT molecular complexity index is 2070. The number of carbonyl (C=O) groups is 1. The van der Waals surface area contributed by atoms with Crippen molar-refractivity contribution in [1.82, 2.24) is 19.8 Å². The Morgan fingerprint density at radius 3 is 2.63 bits per heavy atom. The van der Waals surface area contributed by atoms with Gasteiger partial charge in [-0.05, 0) is 69.8 Å². The third kappa shape index (κ3) is 6.49. The zero-order chi connectivity index (χ0) is 37.6. The van der Waals surface area contributed by atoms with Gasteiger partial charge in [-0.25, -0.2) is 13.2 Å². The van der Waals surface area contributed by atoms with Crippen molar-refractivity contribution in [3.05, 3.63) is 53.6 Å². The van der Waals surface area contributed by atoms with Crippen molar-refractivity contribution in [1.29, 1.82) is 5.26 Å². The summed E-state index contributed by atoms with van der Waals surface area (Å²) in [5.41, 5.74) is 2.53. The van der Waals surface area contributed by atoms with Crippen LogP contribution in [0.25, 0.3) is 32.1 Å². The van der Waals surface area contributed by atoms with Crippen LogP contribution in [0.3, 0.4) is 0 Å². The molecule has 3 aliphatic rings. The van der Waals surface area contributed by atoms with Crippen LogP contribution in [0.2, 0.25) is 0 Å². The van der Waals surface area contributed by atoms with E-state index in [1.54, 1.807) is 29.7 Å². The number of rotatable bonds is 6. The summed E-state index contributed by atoms with van der Waals surface area (Å²) in [6.45, 7) is 9.59. The molecule has 1 amide bonds. The van der Waals surface area contributed by atoms with E-state index in [0.717, 1.165) is 31.2 Å². The number of methoxy groups -OCH3 is 1. The van der Waals surface area contributed by atoms with Crippen LogP contribution in [-0.4, -0.2) is 83.3 Å². The smallest absolute Gasteiger partial charge is 0.417 e. The van der Waals surface area contributed by atoms with Gasteiger partial charge in [-0.15, -0.1) is 11.3 Å². The second-order valence-electron chi connectivity index (χ2n) is 13.0. The van der Waals surface area contributed by atoms with E-state index in [2.05, 4.69) is 21.4 Å². The average molecular weight is 746 g/mol. The van der Waals surface area contributed by atoms with Crippen LogP contribution in [0.4, 0.5) is 37.2 Å². The molecule has 0 bridgehead atoms. The molecule has 4 atom stereocenters. The SMILES string of the molecule is C=CC(=O)N1CC[C@@H](N(CC)c2nc(OC)nc3c(F)c(-c4ccc(F)c5sc(N)c(C#N)c45)c(C(F)(F)F)cc23)[C@H]1C.FC1CC2CCCN2C1. The number of hydrogen-bond donors (Lipinski definition) is 1. The van der Waals surface area contributed by atoms with Gasteiger partial charge >= 0.3 is 12.2 Å². The van der Waals surface area contributed by atoms with Crippen LogP contribution in [0.15, 0.2) is 30.9 Å². The number of anilines is 2. The number of carbonyl (C=O) groups excluding carboxylic acids is 1. The lowest BCUT2D eigenvalue weighted by Gasteiger charge is -2.34. The molecule has 9 nitrogen and oxygen atoms in total. The highest BCUT2D eigenvalue weighted by atomic mass is 32.1. The highest BCUT2D eigenvalue weighted by Gasteiger charge is 2.41. The fourth-order valence-corrected chi connectivity index (χ4v) is 8.78. The molecule has 0 spiro atoms. The summed E-state index contributed by atoms with van der Waals surface area (Å²) in [6.07, 6.45) is -0.607. The van der Waals surface area contributed by atoms with Gasteiger partial charge in [0.25, 0.3) is 0 Å². The molecule has 2 unspecified atom stereocenters. The van der Waals surface area contributed by atoms with Crippen LogP contribution >= 0.6 is 11.3 Å². The molecule has 2 N–H and O–H groups in total. The number of hydrogen-bond acceptors (Lipinski definition) is 9. The highest BCUT2D eigenvalue weighted by Crippen LogP contribution is 2.48. The summed E-state index contributed by atoms with van der Waals surface area (Å²) in [7, 11) is 1.24. The standard InChI is InChI=1S/C29H25F5N6O2S.C7H12FN/c1-5-20(41)40-10-9-19(13(40)3)39(6-2)27-15-11-17(29(32,33)34)22(23(31)24(15)37-28(38-27)42-4)14-7-8-18(30)25-21(14)16(12-35)26(36)43-25;8-6-4-7-2-1-3-9(7)5-6/h5,7-8,11,13,19H,1,6,9-10,36H2,2-4H3;6-7H,1-5H2/t13-,19-;/m1./s1. The number of alkyl halides is 4. The first-order chi connectivity index (χ1) is 24.7. The lowest BCUT2D eigenvalue weighted by Crippen LogP contribution is -2.45. The van der Waals surface area contributed by atoms with E-state index in [1.807, 2.05) is 0 Å². The van der Waals surface area contributed by atoms with Gasteiger partial charge in [0.2, 0.25) is 5.91 Å². The zero-order valence-electron chi connectivity index (χ0n) is 28.7. The number of fused-ring (bicyclic) bond motifs is 3. The minimum absolute atomic E-state index is 0.00760. The minimum Gasteiger partial charge on any atom is -0.467 e. The number of benzene rings is 2. The number of nitriles is 1. The van der Waals surface area contributed by atoms with E-state index < -0.39 is 40.6 Å². The summed E-state index contributed by atoms with van der Waals surface area (Å²) in [4.78, 5) is 26.4. The first-order valence-corrected chi connectivity index (χ1v) is 17.7. The van der Waals surface area contributed by atoms with Crippen LogP contribution in [-0.2, 0) is 11.0 Å². The summed E-state index contributed by atoms with van der Waals surface area (Å²) in [5, 5.41) is 9.12. The fraction of sp³-hybridized carbons (Fsp3) is 0.444. The Morgan fingerprint density at radius 2 is 2.00 bits per heavy atom. The summed E-state index contributed by atoms with van der Waals surface area (Å²) < 4.78 is 93.2. The molecule has 276 valence electrons. The van der Waals surface area contributed by atoms with Crippen LogP contribution in [0, 0.1) is 23.0 Å². The first kappa shape index (κ1) is 37.1. The van der Waals surface area contributed by atoms with Gasteiger partial charge in [-0.1, -0.05) is 12.6 Å². The second-order valence-corrected chi connectivity index (χ2v) is 14.1. The van der Waals surface area contributed by atoms with Crippen LogP contribution < -0.4 is 15.4 Å². The molecule has 16 heteroatoms. The predicted octanol–water partition coefficient (Wildman–Crippen LogP) is 7.47. The quantitative estimate of drug-likeness (QED) is 0.160. The van der Waals surface area contributed by atoms with Gasteiger partial charge in [0.15, 0.2) is 5.82 Å². The van der Waals surface area contributed by atoms with Crippen molar-refractivity contribution < 1.29 is 35.9 Å². The van der Waals surface area contributed by atoms with E-state index >= 15 is 4.39 Å². The highest BCUT2D eigenvalue weighted by molar-refractivity contribution is 7.23. The largest absolute Gasteiger partial charge is 0.467 e. The molecular weight excluding hydrogens is 708 g/mol. The number of aromatic nitrogens is 2. The van der Waals surface area contributed by atoms with Crippen molar-refractivity contribution in [2.45, 2.75) is 70.0 Å². The molecule has 3 aliphatic heterocycles. The lowest BCUT2D eigenvalue weighted by atomic mass is 9.92. The maximum atomic E-state index is 16.6. The fourth-order valence-electron chi connectivity index (χ4n) is 7.83. The van der Waals surface area contributed by atoms with Crippen molar-refractivity contribution in [2.24, 2.45) is 0 Å². The molecule has 52 heavy (non-hydrogen) atoms. The number of halogens is 6. The van der Waals surface area contributed by atoms with Crippen molar-refractivity contribution in [3.8, 4) is 23.2 Å². The molecule has 5 heterocycles. The Hall–Kier alpha value is -4.62. The average Bonchev–Trinajstić information content (AvgIpc) is 3.88. The molecule has 7 rings (SSSR count). The number of nitrogen functional groups attached to an aromatic ring is 1. The van der Waals surface area contributed by atoms with Gasteiger partial charge < -0.3 is 20.3 Å². The summed E-state index contributed by atoms with van der Waals surface area (Å²) in [5.74, 6) is -2.46. The van der Waals surface area contributed by atoms with Gasteiger partial charge in [0.1, 0.15) is 34.4 Å². The maximum absolute atomic E-state index is 16.6. The number of thiophene rings is 1. The minimum atomic E-state index is -5.08. The number of ether oxygens (including phenoxy) is 1. The van der Waals surface area contributed by atoms with E-state index in [4.69, 9.17) is 10.5 Å². The topological polar surface area (TPSA) is 112 Å². The molecule has 0 saturated carbocycles. The van der Waals surface area contributed by atoms with Crippen molar-refractivity contribution >= 4 is 49.1 Å². The monoisotopic (exact) mass is 745 g/mol. The zero-order valence-corrected chi connectivity index (χ0v) is 29.6. The van der Waals surface area contributed by atoms with E-state index in [9.17, 15) is 32.0 Å². The van der Waals surface area contributed by atoms with Gasteiger partial charge in [-0.3, -0.25) is 9.69 Å². The third-order valence-electron chi connectivity index (χ3n) is 10.2. The first-order valence-electron chi connectivity index (χ1n) is 16.9. The van der Waals surface area contributed by atoms with E-state index in [1.165, 1.54) is 26.0 Å². The molecule has 3 fully saturated rings. The molecule has 2 aromatic carbocycles. The number of likely N-dealkylation sites (tertiary alicyclic amines) is 1. The molecule has 0 aliphatic carbocycles. The van der Waals surface area contributed by atoms with E-state index in [0.29, 0.717) is 36.9 Å². The van der Waals surface area contributed by atoms with Crippen LogP contribution in [0.1, 0.15) is 50.7 Å². The normalized spacial score (nSPS) is 21.6. The Balaban J connectivity index is 0.000000444. The molecule has 3 saturated heterocycles. The number of nitrogens with zero attached hydrogens (tertiary/aromatic N) is 6. The van der Waals surface area contributed by atoms with Crippen molar-refractivity contribution in [2.75, 3.05) is 43.9 Å². The molecule has 2 aromatic heterocycles. The number of nitrogens with two attached hydrogens (primary N) is 1. The summed E-state index contributed by atoms with van der Waals surface area (Å²) in [6, 6.07) is 4.03. The molecular formula is C36H37F6N7O2S. The molecule has 0 radical (unpaired) electrons.